The van der Waals surface area contributed by atoms with Gasteiger partial charge >= 0.3 is 0 Å². The summed E-state index contributed by atoms with van der Waals surface area (Å²) in [5.41, 5.74) is 3.17. The summed E-state index contributed by atoms with van der Waals surface area (Å²) in [6, 6.07) is 23.7. The van der Waals surface area contributed by atoms with Gasteiger partial charge in [0.15, 0.2) is 0 Å². The predicted octanol–water partition coefficient (Wildman–Crippen LogP) is 9.17. The molecule has 9 unspecified atom stereocenters. The zero-order valence-corrected chi connectivity index (χ0v) is 22.6. The largest absolute Gasteiger partial charge is 0.0805 e. The van der Waals surface area contributed by atoms with Crippen LogP contribution >= 0.6 is 0 Å². The van der Waals surface area contributed by atoms with Gasteiger partial charge in [-0.15, -0.1) is 0 Å². The SMILES string of the molecule is C1=CC2C3C=CC=CC3C(C(c3ccccc3)(c3ccccc3)C3CCC(C4CC5CCC4C5)C3)C2C=C1. The highest BCUT2D eigenvalue weighted by Gasteiger charge is 2.61. The van der Waals surface area contributed by atoms with Crippen LogP contribution in [0.25, 0.3) is 0 Å². The molecule has 4 fully saturated rings. The lowest BCUT2D eigenvalue weighted by molar-refractivity contribution is 0.146. The summed E-state index contributed by atoms with van der Waals surface area (Å²) >= 11 is 0. The molecule has 2 aromatic rings. The molecule has 6 aliphatic carbocycles. The highest BCUT2D eigenvalue weighted by molar-refractivity contribution is 5.46. The first-order valence-corrected chi connectivity index (χ1v) is 15.6. The lowest BCUT2D eigenvalue weighted by Gasteiger charge is -2.50. The van der Waals surface area contributed by atoms with Crippen molar-refractivity contribution < 1.29 is 0 Å². The van der Waals surface area contributed by atoms with Gasteiger partial charge in [0.25, 0.3) is 0 Å². The summed E-state index contributed by atoms with van der Waals surface area (Å²) in [6.45, 7) is 0. The van der Waals surface area contributed by atoms with Crippen molar-refractivity contribution >= 4 is 0 Å². The van der Waals surface area contributed by atoms with E-state index < -0.39 is 0 Å². The topological polar surface area (TPSA) is 0 Å². The molecule has 4 saturated carbocycles. The van der Waals surface area contributed by atoms with Crippen molar-refractivity contribution in [1.29, 1.82) is 0 Å². The van der Waals surface area contributed by atoms with E-state index in [1.54, 1.807) is 17.5 Å². The minimum Gasteiger partial charge on any atom is -0.0805 e. The number of rotatable bonds is 5. The molecule has 194 valence electrons. The fourth-order valence-corrected chi connectivity index (χ4v) is 11.0. The van der Waals surface area contributed by atoms with Crippen molar-refractivity contribution in [1.82, 2.24) is 0 Å². The maximum absolute atomic E-state index is 2.60. The molecule has 0 nitrogen and oxygen atoms in total. The number of allylic oxidation sites excluding steroid dienone is 8. The molecule has 8 rings (SSSR count). The molecule has 0 radical (unpaired) electrons. The van der Waals surface area contributed by atoms with Crippen LogP contribution in [0.3, 0.4) is 0 Å². The zero-order valence-electron chi connectivity index (χ0n) is 22.6. The van der Waals surface area contributed by atoms with E-state index in [2.05, 4.69) is 109 Å². The van der Waals surface area contributed by atoms with Crippen LogP contribution < -0.4 is 0 Å². The van der Waals surface area contributed by atoms with Crippen LogP contribution in [-0.2, 0) is 5.41 Å². The Morgan fingerprint density at radius 1 is 0.500 bits per heavy atom. The predicted molar refractivity (Wildman–Crippen MR) is 157 cm³/mol. The Morgan fingerprint density at radius 2 is 1.03 bits per heavy atom. The maximum atomic E-state index is 2.60. The van der Waals surface area contributed by atoms with Crippen molar-refractivity contribution in [3.63, 3.8) is 0 Å². The van der Waals surface area contributed by atoms with E-state index in [4.69, 9.17) is 0 Å². The molecule has 9 atom stereocenters. The zero-order chi connectivity index (χ0) is 25.1. The molecule has 0 aromatic heterocycles. The van der Waals surface area contributed by atoms with Gasteiger partial charge in [-0.3, -0.25) is 0 Å². The standard InChI is InChI=1S/C38H42/c1-3-11-29(12-4-1)38(30-13-5-2-6-14-30,31-22-21-28(25-31)36-24-26-19-20-27(36)23-26)37-34-17-9-7-15-32(34)33-16-8-10-18-35(33)37/h1-18,26-28,31-37H,19-25H2. The third-order valence-corrected chi connectivity index (χ3v) is 12.3. The molecule has 0 amide bonds. The lowest BCUT2D eigenvalue weighted by atomic mass is 9.53. The van der Waals surface area contributed by atoms with Gasteiger partial charge in [0.1, 0.15) is 0 Å². The molecule has 0 heterocycles. The molecule has 0 N–H and O–H groups in total. The molecule has 0 spiro atoms. The molecule has 6 aliphatic rings. The van der Waals surface area contributed by atoms with E-state index in [0.717, 1.165) is 23.7 Å². The summed E-state index contributed by atoms with van der Waals surface area (Å²) in [7, 11) is 0. The first-order valence-electron chi connectivity index (χ1n) is 15.6. The fourth-order valence-electron chi connectivity index (χ4n) is 11.0. The third kappa shape index (κ3) is 3.41. The maximum Gasteiger partial charge on any atom is 0.0270 e. The molecule has 2 bridgehead atoms. The Labute approximate surface area is 229 Å². The van der Waals surface area contributed by atoms with E-state index in [9.17, 15) is 0 Å². The van der Waals surface area contributed by atoms with Crippen molar-refractivity contribution in [3.8, 4) is 0 Å². The smallest absolute Gasteiger partial charge is 0.0270 e. The summed E-state index contributed by atoms with van der Waals surface area (Å²) in [5, 5.41) is 0. The normalized spacial score (nSPS) is 40.5. The second-order valence-corrected chi connectivity index (χ2v) is 13.6. The Kier molecular flexibility index (Phi) is 5.67. The second-order valence-electron chi connectivity index (χ2n) is 13.6. The van der Waals surface area contributed by atoms with Gasteiger partial charge in [-0.2, -0.15) is 0 Å². The molecule has 38 heavy (non-hydrogen) atoms. The average Bonchev–Trinajstić information content (AvgIpc) is 3.79. The molecule has 0 heteroatoms. The molecule has 2 aromatic carbocycles. The Hall–Kier alpha value is -2.60. The van der Waals surface area contributed by atoms with Crippen molar-refractivity contribution in [3.05, 3.63) is 120 Å². The van der Waals surface area contributed by atoms with Gasteiger partial charge in [0.05, 0.1) is 0 Å². The van der Waals surface area contributed by atoms with Crippen LogP contribution in [0.4, 0.5) is 0 Å². The fraction of sp³-hybridized carbons (Fsp3) is 0.474. The van der Waals surface area contributed by atoms with Gasteiger partial charge in [-0.05, 0) is 109 Å². The minimum absolute atomic E-state index is 0.0300. The minimum atomic E-state index is 0.0300. The number of fused-ring (bicyclic) bond motifs is 5. The Balaban J connectivity index is 1.30. The van der Waals surface area contributed by atoms with Crippen LogP contribution in [0.15, 0.2) is 109 Å². The van der Waals surface area contributed by atoms with Crippen molar-refractivity contribution in [2.45, 2.75) is 50.4 Å². The first kappa shape index (κ1) is 23.3. The number of hydrogen-bond donors (Lipinski definition) is 0. The van der Waals surface area contributed by atoms with Crippen LogP contribution in [0, 0.1) is 59.2 Å². The first-order chi connectivity index (χ1) is 18.8. The Bertz CT molecular complexity index is 1190. The van der Waals surface area contributed by atoms with Gasteiger partial charge in [0, 0.05) is 5.41 Å². The molecular formula is C38H42. The van der Waals surface area contributed by atoms with Gasteiger partial charge in [0.2, 0.25) is 0 Å². The highest BCUT2D eigenvalue weighted by Crippen LogP contribution is 2.65. The Morgan fingerprint density at radius 3 is 1.55 bits per heavy atom. The summed E-state index contributed by atoms with van der Waals surface area (Å²) < 4.78 is 0. The highest BCUT2D eigenvalue weighted by atomic mass is 14.6. The third-order valence-electron chi connectivity index (χ3n) is 12.3. The molecular weight excluding hydrogens is 456 g/mol. The van der Waals surface area contributed by atoms with E-state index in [1.165, 1.54) is 38.5 Å². The van der Waals surface area contributed by atoms with Crippen LogP contribution in [-0.4, -0.2) is 0 Å². The summed E-state index contributed by atoms with van der Waals surface area (Å²) in [6.07, 6.45) is 30.0. The lowest BCUT2D eigenvalue weighted by Crippen LogP contribution is -2.47. The monoisotopic (exact) mass is 498 g/mol. The number of hydrogen-bond acceptors (Lipinski definition) is 0. The number of benzene rings is 2. The van der Waals surface area contributed by atoms with E-state index in [0.29, 0.717) is 35.5 Å². The van der Waals surface area contributed by atoms with Crippen molar-refractivity contribution in [2.24, 2.45) is 59.2 Å². The summed E-state index contributed by atoms with van der Waals surface area (Å²) in [5.74, 6) is 7.62. The van der Waals surface area contributed by atoms with Crippen LogP contribution in [0.2, 0.25) is 0 Å². The van der Waals surface area contributed by atoms with Crippen molar-refractivity contribution in [2.75, 3.05) is 0 Å². The average molecular weight is 499 g/mol. The second kappa shape index (κ2) is 9.25. The van der Waals surface area contributed by atoms with E-state index in [-0.39, 0.29) is 5.41 Å². The molecule has 0 saturated heterocycles. The van der Waals surface area contributed by atoms with Gasteiger partial charge < -0.3 is 0 Å². The summed E-state index contributed by atoms with van der Waals surface area (Å²) in [4.78, 5) is 0. The van der Waals surface area contributed by atoms with Gasteiger partial charge in [-0.25, -0.2) is 0 Å². The van der Waals surface area contributed by atoms with E-state index in [1.807, 2.05) is 0 Å². The molecule has 0 aliphatic heterocycles. The van der Waals surface area contributed by atoms with Crippen LogP contribution in [0.5, 0.6) is 0 Å². The van der Waals surface area contributed by atoms with E-state index >= 15 is 0 Å². The van der Waals surface area contributed by atoms with Gasteiger partial charge in [-0.1, -0.05) is 116 Å². The van der Waals surface area contributed by atoms with Crippen LogP contribution in [0.1, 0.15) is 56.1 Å². The quantitative estimate of drug-likeness (QED) is 0.385.